The number of ketones is 2. The number of carbonyl (C=O) groups is 9. The van der Waals surface area contributed by atoms with Crippen molar-refractivity contribution < 1.29 is 150 Å². The minimum atomic E-state index is -1.02. The largest absolute Gasteiger partial charge is 1.00 e. The van der Waals surface area contributed by atoms with Crippen LogP contribution in [0.5, 0.6) is 0 Å². The maximum absolute atomic E-state index is 12.3. The summed E-state index contributed by atoms with van der Waals surface area (Å²) in [5.74, 6) is 1.51. The van der Waals surface area contributed by atoms with Gasteiger partial charge in [0.25, 0.3) is 0 Å². The zero-order valence-corrected chi connectivity index (χ0v) is 105. The van der Waals surface area contributed by atoms with Gasteiger partial charge >= 0.3 is 219 Å². The van der Waals surface area contributed by atoms with Gasteiger partial charge in [-0.05, 0) is 127 Å². The van der Waals surface area contributed by atoms with Gasteiger partial charge in [0.05, 0.1) is 54.3 Å². The van der Waals surface area contributed by atoms with Crippen LogP contribution in [0.4, 0.5) is 4.79 Å². The van der Waals surface area contributed by atoms with E-state index >= 15 is 0 Å². The van der Waals surface area contributed by atoms with Crippen molar-refractivity contribution in [2.75, 3.05) is 46.2 Å². The molecule has 0 saturated carbocycles. The summed E-state index contributed by atoms with van der Waals surface area (Å²) >= 11 is 28.4. The standard InChI is InChI=1S/C13H15NO3.C12H21BIO3PS.2C11H19BIO3PS.C10H17BIO4PS.C6H12BO4PS.C4H5IO2.C4H5IO.C3H6BO2PS.CH4.2CH3.Al.B.ClH.Na.H/c1-2-12(15)14-11(9-17-13(14)16)8-10-6-4-3-5-7-10;1-7(6-14)12-9(3)11(15)8(2)10(17-12)4-5-16-13(18)19;1-7(6-13)11-15-9(3)8(2)10(16-11)4-5-14-12(17)18;1-7(6-13)11-5-9(14)8(2)10(16-11)3-4-15-12(17)18;1-6(5-12)10-15-8(3-4-14-11(17)18)7(2)9(13)16-10;1-4(6(9)10)5(8)2-3-11-13(7)12;1-3(2-5)4(6)7;1-4(2-5)3-6;4-8(7)6-3-1-2-5;;;;;;;;/h3-7,11H,2,8-9H2,1H3;6,8-10,12,19H,4-5,18H2,1-3H3;2*6,8,10-11,18H,3-5,17H2,1-2H3;5,7-8,10,18H,3-4,17H2,1-2H3;4-5,8,12H,2-3H2,1H3,(H,9,10);2H,1H3,(H,6,7);2-3H,1H3;2,7H,1,3H2;1H4;2*1H3;;;1H;;/q;;;;;-1;;;-1;;;;+1;;;+1;-1/p-1/b;3*7-6+;6-5+;;3-2+;4-2+;;;;;;;;;/t11-;8-,9+,10+,12-;8-,10-,11+;8-,10-,11-;7-,8+,10+;4-,5+;;;;;;;;;;;/m001100.........../s1. The van der Waals surface area contributed by atoms with Crippen LogP contribution in [0.3, 0.4) is 0 Å². The number of aliphatic carboxylic acids is 2. The molecule has 1 aromatic rings. The molecule has 0 bridgehead atoms. The van der Waals surface area contributed by atoms with E-state index in [1.807, 2.05) is 147 Å². The first-order valence-corrected chi connectivity index (χ1v) is 61.0. The average Bonchev–Trinajstić information content (AvgIpc) is 0.982. The predicted molar refractivity (Wildman–Crippen MR) is 624 cm³/mol. The molecule has 20 atom stereocenters. The molecule has 54 heteroatoms. The Bertz CT molecular complexity index is 3680. The number of benzene rings is 1. The van der Waals surface area contributed by atoms with Crippen LogP contribution < -0.4 is 29.6 Å². The Morgan fingerprint density at radius 1 is 0.664 bits per heavy atom. The smallest absolute Gasteiger partial charge is 1.00 e. The predicted octanol–water partition coefficient (Wildman–Crippen LogP) is 16.0. The number of halogens is 7. The van der Waals surface area contributed by atoms with Crippen molar-refractivity contribution in [3.63, 3.8) is 0 Å². The van der Waals surface area contributed by atoms with Gasteiger partial charge in [0.15, 0.2) is 0 Å². The molecule has 3 N–H and O–H groups in total. The minimum absolute atomic E-state index is 0. The summed E-state index contributed by atoms with van der Waals surface area (Å²) in [7, 11) is 19.8. The Kier molecular flexibility index (Phi) is 101. The molecule has 0 aromatic heterocycles. The number of rotatable bonds is 35. The summed E-state index contributed by atoms with van der Waals surface area (Å²) in [4.78, 5) is 99.9. The number of carbonyl (C=O) groups excluding carboxylic acids is 7. The van der Waals surface area contributed by atoms with E-state index < -0.39 is 69.1 Å². The van der Waals surface area contributed by atoms with Gasteiger partial charge in [0, 0.05) is 88.1 Å². The molecule has 0 aliphatic carbocycles. The molecule has 5 aliphatic heterocycles. The molecule has 5 saturated heterocycles. The van der Waals surface area contributed by atoms with E-state index in [1.54, 1.807) is 24.9 Å². The Morgan fingerprint density at radius 3 is 1.45 bits per heavy atom. The van der Waals surface area contributed by atoms with Crippen LogP contribution in [-0.2, 0) is 124 Å². The molecule has 1 aromatic carbocycles. The second kappa shape index (κ2) is 89.1. The van der Waals surface area contributed by atoms with E-state index in [1.165, 1.54) is 15.9 Å². The summed E-state index contributed by atoms with van der Waals surface area (Å²) in [6.07, 6.45) is 3.92. The number of Topliss-reactive ketones (excluding diaryl/α,β-unsaturated/α-hetero) is 2. The molecular weight excluding hydrogens is 2640 g/mol. The van der Waals surface area contributed by atoms with E-state index in [2.05, 4.69) is 218 Å². The Labute approximate surface area is 938 Å². The fourth-order valence-corrected chi connectivity index (χ4v) is 14.1. The van der Waals surface area contributed by atoms with Gasteiger partial charge in [0.2, 0.25) is 18.5 Å². The average molecular weight is 2770 g/mol. The monoisotopic (exact) mass is 2770 g/mol. The molecule has 5 fully saturated rings. The van der Waals surface area contributed by atoms with E-state index in [0.29, 0.717) is 77.3 Å². The summed E-state index contributed by atoms with van der Waals surface area (Å²) in [6.45, 7) is 41.6. The quantitative estimate of drug-likeness (QED) is 0.00382. The van der Waals surface area contributed by atoms with Crippen LogP contribution >= 0.6 is 248 Å². The molecule has 5 aliphatic rings. The number of carboxylic acids is 2. The van der Waals surface area contributed by atoms with Crippen molar-refractivity contribution in [1.29, 1.82) is 0 Å². The third-order valence-corrected chi connectivity index (χ3v) is 26.8. The van der Waals surface area contributed by atoms with Gasteiger partial charge in [-0.2, -0.15) is 49.9 Å². The van der Waals surface area contributed by atoms with Crippen molar-refractivity contribution in [2.24, 2.45) is 35.5 Å². The van der Waals surface area contributed by atoms with Gasteiger partial charge in [-0.3, -0.25) is 34.0 Å². The number of hydrogen-bond acceptors (Lipinski definition) is 29. The third kappa shape index (κ3) is 72.0. The summed E-state index contributed by atoms with van der Waals surface area (Å²) in [6, 6.07) is 9.62. The van der Waals surface area contributed by atoms with E-state index in [9.17, 15) is 48.3 Å². The first-order chi connectivity index (χ1) is 59.9. The Hall–Kier alpha value is 3.87. The number of thiol groups is 4. The van der Waals surface area contributed by atoms with Gasteiger partial charge in [-0.15, -0.1) is 36.5 Å². The van der Waals surface area contributed by atoms with Crippen LogP contribution in [0.25, 0.3) is 0 Å². The molecule has 5 heterocycles. The summed E-state index contributed by atoms with van der Waals surface area (Å²) in [5, 5.41) is 25.9. The Balaban J connectivity index is -0.000000220. The van der Waals surface area contributed by atoms with E-state index in [4.69, 9.17) is 93.8 Å². The topological polar surface area (TPSA) is 338 Å². The van der Waals surface area contributed by atoms with Crippen molar-refractivity contribution in [1.82, 2.24) is 4.90 Å². The molecule has 5 radical (unpaired) electrons. The molecular formula is C77H130AlB7ClI6NNaO25P6S6-2. The van der Waals surface area contributed by atoms with Crippen LogP contribution in [0.15, 0.2) is 101 Å². The van der Waals surface area contributed by atoms with E-state index in [0.717, 1.165) is 71.0 Å². The van der Waals surface area contributed by atoms with Crippen molar-refractivity contribution in [3.05, 3.63) is 106 Å². The first-order valence-electron chi connectivity index (χ1n) is 39.8. The number of cyclic esters (lactones) is 2. The zero-order chi connectivity index (χ0) is 99.2. The zero-order valence-electron chi connectivity index (χ0n) is 77.2. The van der Waals surface area contributed by atoms with Crippen molar-refractivity contribution in [3.8, 4) is 0 Å². The van der Waals surface area contributed by atoms with Crippen molar-refractivity contribution >= 4 is 380 Å². The second-order valence-corrected chi connectivity index (χ2v) is 47.9. The summed E-state index contributed by atoms with van der Waals surface area (Å²) in [5.41, 5.74) is 6.41. The first kappa shape index (κ1) is 148. The number of hydrogen-bond donors (Lipinski definition) is 7. The molecule has 735 valence electrons. The van der Waals surface area contributed by atoms with Gasteiger partial charge in [-0.25, -0.2) is 14.5 Å². The second-order valence-electron chi connectivity index (χ2n) is 28.7. The fraction of sp³-hybridized carbons (Fsp3) is 0.623. The normalized spacial score (nSPS) is 22.7. The number of nitrogens with zero attached hydrogens (tertiary/aromatic N) is 1. The number of allylic oxidation sites excluding steroid dienone is 1. The maximum Gasteiger partial charge on any atom is 1.00 e. The molecule has 0 spiro atoms. The SMILES string of the molecule is C.C/C(=C\I)C(=O)O.C/C(=C\I)[C@@H]1O[C@H](CCOB(P)S)[C@H](C)C(=O)[C@H]1C.C/C(=C\I)[C@H]1CC(=O)[C@@H](C)[C@@H](CCOB(P)S)O1.C/C(=C\I)[C@H]1OC(=O)[C@@H](C)[C@@H](CCOB(P)S)O1.C/C(C=O)=C\I.C=C1O[C@H](/C(C)=C/I)O[C@H](CCOB(P)S)[C@@H]1C.CCC(=O)N1C(=O)OC[C@@H]1Cc1ccccc1.[B].[B]=[S-](=P)OCCC=O.[B]=[S-](=P)OCC[C@@H](O)[C@H](C)C(=O)O.[CH3][Al]([CH3])[Cl].[H-].[Na+]. The molecule has 131 heavy (non-hydrogen) atoms. The number of esters is 1. The molecule has 6 rings (SSSR count). The van der Waals surface area contributed by atoms with E-state index in [-0.39, 0.29) is 185 Å². The molecule has 4 unspecified atom stereocenters. The molecule has 26 nitrogen and oxygen atoms in total. The maximum atomic E-state index is 12.3. The van der Waals surface area contributed by atoms with Gasteiger partial charge in [0.1, 0.15) is 24.5 Å². The Morgan fingerprint density at radius 2 is 1.08 bits per heavy atom. The fourth-order valence-electron chi connectivity index (χ4n) is 10.4. The number of ether oxygens (including phenoxy) is 7. The van der Waals surface area contributed by atoms with Gasteiger partial charge < -0.3 is 58.3 Å². The van der Waals surface area contributed by atoms with Gasteiger partial charge in [-0.1, -0.05) is 226 Å². The minimum Gasteiger partial charge on any atom is -1.00 e. The number of amides is 2. The number of aliphatic hydroxyl groups is 1. The summed E-state index contributed by atoms with van der Waals surface area (Å²) < 4.78 is 81.9. The number of aliphatic hydroxyl groups excluding tert-OH is 1. The van der Waals surface area contributed by atoms with Crippen LogP contribution in [0.2, 0.25) is 11.6 Å². The number of carboxylic acid groups (broad SMARTS) is 2. The van der Waals surface area contributed by atoms with Crippen LogP contribution in [-0.4, -0.2) is 241 Å². The van der Waals surface area contributed by atoms with Crippen LogP contribution in [0, 0.1) is 35.5 Å². The molecule has 2 amide bonds. The third-order valence-electron chi connectivity index (χ3n) is 18.0. The number of imide groups is 1. The van der Waals surface area contributed by atoms with Crippen molar-refractivity contribution in [2.45, 2.75) is 228 Å². The number of aldehydes is 2. The van der Waals surface area contributed by atoms with Crippen LogP contribution in [0.1, 0.15) is 156 Å².